The van der Waals surface area contributed by atoms with Gasteiger partial charge in [0.15, 0.2) is 22.5 Å². The number of benzene rings is 1. The van der Waals surface area contributed by atoms with Gasteiger partial charge in [0.05, 0.1) is 25.5 Å². The Morgan fingerprint density at radius 1 is 1.24 bits per heavy atom. The fraction of sp³-hybridized carbons (Fsp3) is 0.455. The van der Waals surface area contributed by atoms with Crippen molar-refractivity contribution in [3.8, 4) is 28.8 Å². The fourth-order valence-corrected chi connectivity index (χ4v) is 4.17. The lowest BCUT2D eigenvalue weighted by molar-refractivity contribution is -0.118. The summed E-state index contributed by atoms with van der Waals surface area (Å²) in [5, 5.41) is 16.7. The maximum Gasteiger partial charge on any atom is 0.243 e. The highest BCUT2D eigenvalue weighted by atomic mass is 32.2. The van der Waals surface area contributed by atoms with Gasteiger partial charge in [-0.25, -0.2) is 0 Å². The average Bonchev–Trinajstić information content (AvgIpc) is 3.57. The molecule has 4 rings (SSSR count). The van der Waals surface area contributed by atoms with E-state index >= 15 is 0 Å². The quantitative estimate of drug-likeness (QED) is 0.384. The van der Waals surface area contributed by atoms with Gasteiger partial charge in [-0.1, -0.05) is 17.8 Å². The molecule has 1 aliphatic heterocycles. The number of ether oxygens (including phenoxy) is 4. The lowest BCUT2D eigenvalue weighted by atomic mass is 10.2. The second-order valence-corrected chi connectivity index (χ2v) is 8.28. The molecule has 1 aliphatic rings. The Bertz CT molecular complexity index is 1130. The number of aromatic nitrogens is 5. The van der Waals surface area contributed by atoms with Crippen LogP contribution in [0.15, 0.2) is 29.6 Å². The van der Waals surface area contributed by atoms with Crippen molar-refractivity contribution >= 4 is 17.7 Å². The number of nitrogens with zero attached hydrogens (tertiary/aromatic N) is 5. The molecule has 0 fully saturated rings. The summed E-state index contributed by atoms with van der Waals surface area (Å²) >= 11 is 1.32. The van der Waals surface area contributed by atoms with Crippen LogP contribution >= 0.6 is 11.8 Å². The van der Waals surface area contributed by atoms with Crippen molar-refractivity contribution in [3.05, 3.63) is 30.0 Å². The van der Waals surface area contributed by atoms with E-state index in [1.807, 2.05) is 42.8 Å². The second kappa shape index (κ2) is 11.3. The van der Waals surface area contributed by atoms with Gasteiger partial charge in [-0.15, -0.1) is 15.3 Å². The van der Waals surface area contributed by atoms with Crippen molar-refractivity contribution < 1.29 is 23.7 Å². The molecule has 1 amide bonds. The summed E-state index contributed by atoms with van der Waals surface area (Å²) in [6.45, 7) is 6.73. The van der Waals surface area contributed by atoms with E-state index in [1.54, 1.807) is 11.8 Å². The molecule has 1 aromatic carbocycles. The standard InChI is InChI=1S/C22H28N6O5S/c1-4-27-12-16(21(26-27)31-5-2)20-24-25-22(28(20)8-9-30-3)34-13-19(29)23-11-15-6-7-17-18(10-15)33-14-32-17/h6-7,10,12H,4-5,8-9,11,13-14H2,1-3H3,(H,23,29). The molecule has 182 valence electrons. The van der Waals surface area contributed by atoms with Crippen LogP contribution < -0.4 is 19.5 Å². The molecular formula is C22H28N6O5S. The first-order valence-corrected chi connectivity index (χ1v) is 12.0. The molecule has 0 spiro atoms. The monoisotopic (exact) mass is 488 g/mol. The molecule has 0 unspecified atom stereocenters. The van der Waals surface area contributed by atoms with Crippen molar-refractivity contribution in [2.45, 2.75) is 38.6 Å². The summed E-state index contributed by atoms with van der Waals surface area (Å²) in [5.74, 6) is 2.63. The Kier molecular flexibility index (Phi) is 7.91. The van der Waals surface area contributed by atoms with E-state index in [4.69, 9.17) is 18.9 Å². The minimum absolute atomic E-state index is 0.112. The summed E-state index contributed by atoms with van der Waals surface area (Å²) in [6.07, 6.45) is 1.89. The number of hydrogen-bond acceptors (Lipinski definition) is 9. The van der Waals surface area contributed by atoms with E-state index in [0.717, 1.165) is 11.1 Å². The van der Waals surface area contributed by atoms with Crippen molar-refractivity contribution in [1.29, 1.82) is 0 Å². The normalized spacial score (nSPS) is 12.2. The van der Waals surface area contributed by atoms with E-state index in [9.17, 15) is 4.79 Å². The molecule has 3 heterocycles. The highest BCUT2D eigenvalue weighted by Crippen LogP contribution is 2.33. The van der Waals surface area contributed by atoms with Crippen LogP contribution in [0, 0.1) is 0 Å². The molecule has 0 atom stereocenters. The van der Waals surface area contributed by atoms with Crippen LogP contribution in [0.25, 0.3) is 11.4 Å². The Morgan fingerprint density at radius 3 is 2.88 bits per heavy atom. The van der Waals surface area contributed by atoms with Gasteiger partial charge >= 0.3 is 0 Å². The summed E-state index contributed by atoms with van der Waals surface area (Å²) in [6, 6.07) is 5.62. The predicted octanol–water partition coefficient (Wildman–Crippen LogP) is 2.34. The Hall–Kier alpha value is -3.25. The van der Waals surface area contributed by atoms with E-state index in [-0.39, 0.29) is 18.5 Å². The largest absolute Gasteiger partial charge is 0.476 e. The topological polar surface area (TPSA) is 115 Å². The van der Waals surface area contributed by atoms with E-state index < -0.39 is 0 Å². The van der Waals surface area contributed by atoms with Gasteiger partial charge < -0.3 is 24.3 Å². The minimum Gasteiger partial charge on any atom is -0.476 e. The number of aryl methyl sites for hydroxylation is 1. The summed E-state index contributed by atoms with van der Waals surface area (Å²) in [5.41, 5.74) is 1.69. The van der Waals surface area contributed by atoms with Gasteiger partial charge in [0, 0.05) is 26.4 Å². The maximum absolute atomic E-state index is 12.5. The Morgan fingerprint density at radius 2 is 2.09 bits per heavy atom. The smallest absolute Gasteiger partial charge is 0.243 e. The van der Waals surface area contributed by atoms with Crippen LogP contribution in [0.2, 0.25) is 0 Å². The fourth-order valence-electron chi connectivity index (χ4n) is 3.37. The molecule has 1 N–H and O–H groups in total. The van der Waals surface area contributed by atoms with Crippen LogP contribution in [0.5, 0.6) is 17.4 Å². The molecule has 12 heteroatoms. The first kappa shape index (κ1) is 23.9. The molecule has 0 saturated carbocycles. The number of nitrogens with one attached hydrogen (secondary N) is 1. The van der Waals surface area contributed by atoms with E-state index in [1.165, 1.54) is 11.8 Å². The zero-order valence-corrected chi connectivity index (χ0v) is 20.3. The lowest BCUT2D eigenvalue weighted by Crippen LogP contribution is -2.24. The first-order valence-electron chi connectivity index (χ1n) is 11.0. The SMILES string of the molecule is CCOc1nn(CC)cc1-c1nnc(SCC(=O)NCc2ccc3c(c2)OCO3)n1CCOC. The summed E-state index contributed by atoms with van der Waals surface area (Å²) in [4.78, 5) is 12.5. The van der Waals surface area contributed by atoms with E-state index in [2.05, 4.69) is 20.6 Å². The number of hydrogen-bond donors (Lipinski definition) is 1. The van der Waals surface area contributed by atoms with Crippen LogP contribution in [0.3, 0.4) is 0 Å². The van der Waals surface area contributed by atoms with Crippen LogP contribution in [-0.4, -0.2) is 63.3 Å². The van der Waals surface area contributed by atoms with Crippen LogP contribution in [0.1, 0.15) is 19.4 Å². The van der Waals surface area contributed by atoms with Crippen molar-refractivity contribution in [1.82, 2.24) is 29.9 Å². The number of carbonyl (C=O) groups is 1. The number of carbonyl (C=O) groups excluding carboxylic acids is 1. The third-order valence-electron chi connectivity index (χ3n) is 5.07. The molecule has 0 bridgehead atoms. The number of fused-ring (bicyclic) bond motifs is 1. The predicted molar refractivity (Wildman–Crippen MR) is 125 cm³/mol. The zero-order valence-electron chi connectivity index (χ0n) is 19.4. The molecule has 0 radical (unpaired) electrons. The molecule has 0 aliphatic carbocycles. The third-order valence-corrected chi connectivity index (χ3v) is 6.04. The Balaban J connectivity index is 1.43. The maximum atomic E-state index is 12.5. The van der Waals surface area contributed by atoms with Gasteiger partial charge in [0.25, 0.3) is 0 Å². The number of methoxy groups -OCH3 is 1. The number of rotatable bonds is 12. The highest BCUT2D eigenvalue weighted by Gasteiger charge is 2.21. The summed E-state index contributed by atoms with van der Waals surface area (Å²) < 4.78 is 25.4. The van der Waals surface area contributed by atoms with Gasteiger partial charge in [-0.3, -0.25) is 14.0 Å². The molecule has 11 nitrogen and oxygen atoms in total. The average molecular weight is 489 g/mol. The van der Waals surface area contributed by atoms with Gasteiger partial charge in [0.2, 0.25) is 18.6 Å². The number of thioether (sulfide) groups is 1. The van der Waals surface area contributed by atoms with Gasteiger partial charge in [-0.05, 0) is 31.5 Å². The molecule has 2 aromatic heterocycles. The third kappa shape index (κ3) is 5.45. The van der Waals surface area contributed by atoms with Gasteiger partial charge in [0.1, 0.15) is 5.56 Å². The van der Waals surface area contributed by atoms with Crippen molar-refractivity contribution in [3.63, 3.8) is 0 Å². The van der Waals surface area contributed by atoms with Crippen LogP contribution in [0.4, 0.5) is 0 Å². The molecule has 3 aromatic rings. The lowest BCUT2D eigenvalue weighted by Gasteiger charge is -2.10. The summed E-state index contributed by atoms with van der Waals surface area (Å²) in [7, 11) is 1.64. The van der Waals surface area contributed by atoms with Crippen LogP contribution in [-0.2, 0) is 29.2 Å². The van der Waals surface area contributed by atoms with Crippen molar-refractivity contribution in [2.24, 2.45) is 0 Å². The number of amides is 1. The minimum atomic E-state index is -0.112. The van der Waals surface area contributed by atoms with Gasteiger partial charge in [-0.2, -0.15) is 0 Å². The first-order chi connectivity index (χ1) is 16.6. The molecular weight excluding hydrogens is 460 g/mol. The molecule has 0 saturated heterocycles. The molecule has 34 heavy (non-hydrogen) atoms. The zero-order chi connectivity index (χ0) is 23.9. The van der Waals surface area contributed by atoms with E-state index in [0.29, 0.717) is 61.2 Å². The highest BCUT2D eigenvalue weighted by molar-refractivity contribution is 7.99. The second-order valence-electron chi connectivity index (χ2n) is 7.34. The van der Waals surface area contributed by atoms with Crippen molar-refractivity contribution in [2.75, 3.05) is 32.9 Å². The Labute approximate surface area is 201 Å².